The third-order valence-corrected chi connectivity index (χ3v) is 3.98. The van der Waals surface area contributed by atoms with Gasteiger partial charge in [-0.15, -0.1) is 11.3 Å². The molecule has 0 aliphatic heterocycles. The summed E-state index contributed by atoms with van der Waals surface area (Å²) in [6, 6.07) is 7.84. The Labute approximate surface area is 117 Å². The first-order valence-corrected chi connectivity index (χ1v) is 7.15. The molecule has 19 heavy (non-hydrogen) atoms. The lowest BCUT2D eigenvalue weighted by Crippen LogP contribution is -1.94. The van der Waals surface area contributed by atoms with Crippen LogP contribution in [-0.4, -0.2) is 17.4 Å². The van der Waals surface area contributed by atoms with Crippen LogP contribution in [-0.2, 0) is 0 Å². The summed E-state index contributed by atoms with van der Waals surface area (Å²) in [5.74, 6) is 0.913. The van der Waals surface area contributed by atoms with Gasteiger partial charge < -0.3 is 4.74 Å². The number of aryl methyl sites for hydroxylation is 1. The number of hydrogen-bond donors (Lipinski definition) is 0. The second-order valence-corrected chi connectivity index (χ2v) is 5.37. The summed E-state index contributed by atoms with van der Waals surface area (Å²) in [5, 5.41) is 0.865. The largest absolute Gasteiger partial charge is 0.494 e. The Morgan fingerprint density at radius 1 is 1.42 bits per heavy atom. The third-order valence-electron chi connectivity index (χ3n) is 2.67. The Morgan fingerprint density at radius 2 is 2.21 bits per heavy atom. The van der Waals surface area contributed by atoms with Crippen molar-refractivity contribution in [3.63, 3.8) is 0 Å². The van der Waals surface area contributed by atoms with Gasteiger partial charge in [0.15, 0.2) is 5.78 Å². The van der Waals surface area contributed by atoms with Crippen LogP contribution < -0.4 is 4.74 Å². The molecule has 0 aliphatic rings. The molecule has 0 unspecified atom stereocenters. The number of carbonyl (C=O) groups excluding carboxylic acids is 1. The number of hydrogen-bond acceptors (Lipinski definition) is 4. The number of benzene rings is 1. The molecule has 4 heteroatoms. The van der Waals surface area contributed by atoms with E-state index in [1.807, 2.05) is 31.2 Å². The Balaban J connectivity index is 2.31. The molecule has 0 saturated carbocycles. The molecule has 1 aromatic heterocycles. The zero-order valence-corrected chi connectivity index (χ0v) is 12.2. The van der Waals surface area contributed by atoms with Gasteiger partial charge in [0.2, 0.25) is 0 Å². The normalized spacial score (nSPS) is 10.5. The van der Waals surface area contributed by atoms with E-state index in [1.54, 1.807) is 6.92 Å². The second-order valence-electron chi connectivity index (χ2n) is 4.37. The van der Waals surface area contributed by atoms with Gasteiger partial charge in [-0.05, 0) is 25.5 Å². The summed E-state index contributed by atoms with van der Waals surface area (Å²) >= 11 is 1.44. The lowest BCUT2D eigenvalue weighted by Gasteiger charge is -2.05. The summed E-state index contributed by atoms with van der Waals surface area (Å²) in [6.07, 6.45) is 0.981. The molecule has 1 heterocycles. The van der Waals surface area contributed by atoms with E-state index < -0.39 is 0 Å². The minimum absolute atomic E-state index is 0.0691. The average Bonchev–Trinajstić information content (AvgIpc) is 2.79. The Morgan fingerprint density at radius 3 is 2.84 bits per heavy atom. The van der Waals surface area contributed by atoms with E-state index in [1.165, 1.54) is 11.3 Å². The molecular weight excluding hydrogens is 258 g/mol. The molecule has 2 aromatic rings. The van der Waals surface area contributed by atoms with Crippen molar-refractivity contribution in [3.05, 3.63) is 34.8 Å². The Hall–Kier alpha value is -1.68. The number of carbonyl (C=O) groups is 1. The molecule has 0 saturated heterocycles. The lowest BCUT2D eigenvalue weighted by molar-refractivity contribution is 0.102. The zero-order chi connectivity index (χ0) is 13.8. The molecule has 0 N–H and O–H groups in total. The molecule has 1 aromatic carbocycles. The van der Waals surface area contributed by atoms with Crippen molar-refractivity contribution in [2.45, 2.75) is 27.2 Å². The number of thiazole rings is 1. The van der Waals surface area contributed by atoms with Gasteiger partial charge in [0.05, 0.1) is 17.2 Å². The highest BCUT2D eigenvalue weighted by Gasteiger charge is 2.13. The Kier molecular flexibility index (Phi) is 4.32. The summed E-state index contributed by atoms with van der Waals surface area (Å²) in [7, 11) is 0. The van der Waals surface area contributed by atoms with E-state index in [2.05, 4.69) is 11.9 Å². The van der Waals surface area contributed by atoms with Crippen molar-refractivity contribution in [3.8, 4) is 16.3 Å². The average molecular weight is 275 g/mol. The fraction of sp³-hybridized carbons (Fsp3) is 0.333. The van der Waals surface area contributed by atoms with Crippen molar-refractivity contribution in [1.29, 1.82) is 0 Å². The van der Waals surface area contributed by atoms with Crippen molar-refractivity contribution in [2.24, 2.45) is 0 Å². The van der Waals surface area contributed by atoms with Crippen LogP contribution in [0.1, 0.15) is 35.6 Å². The highest BCUT2D eigenvalue weighted by Crippen LogP contribution is 2.30. The van der Waals surface area contributed by atoms with Crippen LogP contribution >= 0.6 is 11.3 Å². The molecule has 0 spiro atoms. The van der Waals surface area contributed by atoms with E-state index in [9.17, 15) is 4.79 Å². The number of Topliss-reactive ketones (excluding diaryl/α,β-unsaturated/α-hetero) is 1. The minimum atomic E-state index is 0.0691. The van der Waals surface area contributed by atoms with Crippen molar-refractivity contribution in [1.82, 2.24) is 4.98 Å². The van der Waals surface area contributed by atoms with Gasteiger partial charge in [-0.3, -0.25) is 4.79 Å². The standard InChI is InChI=1S/C15H17NO2S/c1-4-8-18-13-7-5-6-12(9-13)15-16-10(2)14(19-15)11(3)17/h5-7,9H,4,8H2,1-3H3. The first-order chi connectivity index (χ1) is 9.11. The van der Waals surface area contributed by atoms with Gasteiger partial charge in [0.25, 0.3) is 0 Å². The van der Waals surface area contributed by atoms with E-state index in [4.69, 9.17) is 4.74 Å². The number of rotatable bonds is 5. The SMILES string of the molecule is CCCOc1cccc(-c2nc(C)c(C(C)=O)s2)c1. The predicted molar refractivity (Wildman–Crippen MR) is 78.1 cm³/mol. The van der Waals surface area contributed by atoms with Gasteiger partial charge in [0, 0.05) is 12.5 Å². The maximum absolute atomic E-state index is 11.5. The number of ether oxygens (including phenoxy) is 1. The molecule has 2 rings (SSSR count). The van der Waals surface area contributed by atoms with Crippen molar-refractivity contribution in [2.75, 3.05) is 6.61 Å². The van der Waals surface area contributed by atoms with Crippen LogP contribution in [0.3, 0.4) is 0 Å². The number of nitrogens with zero attached hydrogens (tertiary/aromatic N) is 1. The first-order valence-electron chi connectivity index (χ1n) is 6.33. The van der Waals surface area contributed by atoms with E-state index in [0.717, 1.165) is 33.3 Å². The van der Waals surface area contributed by atoms with Crippen LogP contribution in [0.4, 0.5) is 0 Å². The summed E-state index contributed by atoms with van der Waals surface area (Å²) in [4.78, 5) is 16.7. The van der Waals surface area contributed by atoms with Gasteiger partial charge in [-0.1, -0.05) is 19.1 Å². The van der Waals surface area contributed by atoms with Crippen molar-refractivity contribution < 1.29 is 9.53 Å². The lowest BCUT2D eigenvalue weighted by atomic mass is 10.2. The maximum Gasteiger partial charge on any atom is 0.171 e. The van der Waals surface area contributed by atoms with Gasteiger partial charge in [-0.25, -0.2) is 4.98 Å². The Bertz CT molecular complexity index is 590. The maximum atomic E-state index is 11.5. The fourth-order valence-corrected chi connectivity index (χ4v) is 2.74. The van der Waals surface area contributed by atoms with Crippen LogP contribution in [0, 0.1) is 6.92 Å². The molecule has 0 amide bonds. The molecule has 100 valence electrons. The molecule has 0 atom stereocenters. The smallest absolute Gasteiger partial charge is 0.171 e. The monoisotopic (exact) mass is 275 g/mol. The third kappa shape index (κ3) is 3.20. The highest BCUT2D eigenvalue weighted by atomic mass is 32.1. The molecule has 0 bridgehead atoms. The first kappa shape index (κ1) is 13.7. The van der Waals surface area contributed by atoms with E-state index in [-0.39, 0.29) is 5.78 Å². The topological polar surface area (TPSA) is 39.2 Å². The summed E-state index contributed by atoms with van der Waals surface area (Å²) in [5.41, 5.74) is 1.79. The van der Waals surface area contributed by atoms with E-state index >= 15 is 0 Å². The predicted octanol–water partition coefficient (Wildman–Crippen LogP) is 4.11. The molecule has 0 aliphatic carbocycles. The number of ketones is 1. The van der Waals surface area contributed by atoms with Crippen LogP contribution in [0.5, 0.6) is 5.75 Å². The summed E-state index contributed by atoms with van der Waals surface area (Å²) in [6.45, 7) is 6.23. The quantitative estimate of drug-likeness (QED) is 0.771. The van der Waals surface area contributed by atoms with E-state index in [0.29, 0.717) is 6.61 Å². The zero-order valence-electron chi connectivity index (χ0n) is 11.4. The second kappa shape index (κ2) is 5.97. The van der Waals surface area contributed by atoms with Gasteiger partial charge in [-0.2, -0.15) is 0 Å². The molecule has 0 fully saturated rings. The minimum Gasteiger partial charge on any atom is -0.494 e. The van der Waals surface area contributed by atoms with Crippen LogP contribution in [0.15, 0.2) is 24.3 Å². The van der Waals surface area contributed by atoms with Gasteiger partial charge >= 0.3 is 0 Å². The molecule has 0 radical (unpaired) electrons. The highest BCUT2D eigenvalue weighted by molar-refractivity contribution is 7.17. The molecular formula is C15H17NO2S. The molecule has 3 nitrogen and oxygen atoms in total. The number of aromatic nitrogens is 1. The van der Waals surface area contributed by atoms with Crippen molar-refractivity contribution >= 4 is 17.1 Å². The van der Waals surface area contributed by atoms with Crippen LogP contribution in [0.2, 0.25) is 0 Å². The van der Waals surface area contributed by atoms with Gasteiger partial charge in [0.1, 0.15) is 10.8 Å². The van der Waals surface area contributed by atoms with Crippen LogP contribution in [0.25, 0.3) is 10.6 Å². The summed E-state index contributed by atoms with van der Waals surface area (Å²) < 4.78 is 5.61. The fourth-order valence-electron chi connectivity index (χ4n) is 1.79.